The number of ether oxygens (including phenoxy) is 1. The van der Waals surface area contributed by atoms with E-state index in [1.165, 1.54) is 32.1 Å². The van der Waals surface area contributed by atoms with Crippen molar-refractivity contribution in [3.63, 3.8) is 0 Å². The maximum Gasteiger partial charge on any atom is 0.159 e. The number of methoxy groups -OCH3 is 1. The van der Waals surface area contributed by atoms with Crippen LogP contribution < -0.4 is 10.1 Å². The van der Waals surface area contributed by atoms with Crippen molar-refractivity contribution < 1.29 is 4.74 Å². The van der Waals surface area contributed by atoms with E-state index >= 15 is 0 Å². The van der Waals surface area contributed by atoms with Crippen molar-refractivity contribution >= 4 is 16.9 Å². The Hall–Kier alpha value is -2.63. The smallest absolute Gasteiger partial charge is 0.159 e. The number of imidazole rings is 1. The van der Waals surface area contributed by atoms with Crippen molar-refractivity contribution in [2.45, 2.75) is 38.1 Å². The van der Waals surface area contributed by atoms with Crippen LogP contribution in [-0.4, -0.2) is 32.7 Å². The fourth-order valence-corrected chi connectivity index (χ4v) is 3.29. The third-order valence-electron chi connectivity index (χ3n) is 4.58. The molecule has 6 heteroatoms. The largest absolute Gasteiger partial charge is 0.497 e. The Morgan fingerprint density at radius 1 is 1.17 bits per heavy atom. The first-order chi connectivity index (χ1) is 11.8. The van der Waals surface area contributed by atoms with E-state index in [0.717, 1.165) is 28.4 Å². The number of hydrogen-bond acceptors (Lipinski definition) is 5. The summed E-state index contributed by atoms with van der Waals surface area (Å²) in [7, 11) is 1.66. The lowest BCUT2D eigenvalue weighted by molar-refractivity contribution is 0.415. The predicted octanol–water partition coefficient (Wildman–Crippen LogP) is 3.57. The Morgan fingerprint density at radius 2 is 2.04 bits per heavy atom. The molecule has 1 fully saturated rings. The van der Waals surface area contributed by atoms with E-state index in [9.17, 15) is 0 Å². The number of nitrogens with one attached hydrogen (secondary N) is 1. The molecule has 2 heterocycles. The molecular formula is C18H21N5O. The highest BCUT2D eigenvalue weighted by atomic mass is 16.5. The maximum atomic E-state index is 5.32. The molecule has 0 unspecified atom stereocenters. The van der Waals surface area contributed by atoms with Gasteiger partial charge in [0.05, 0.1) is 30.5 Å². The molecule has 0 spiro atoms. The van der Waals surface area contributed by atoms with Crippen molar-refractivity contribution in [2.24, 2.45) is 0 Å². The van der Waals surface area contributed by atoms with E-state index in [2.05, 4.69) is 15.3 Å². The first-order valence-corrected chi connectivity index (χ1v) is 8.43. The minimum Gasteiger partial charge on any atom is -0.497 e. The van der Waals surface area contributed by atoms with E-state index in [1.54, 1.807) is 25.8 Å². The second-order valence-corrected chi connectivity index (χ2v) is 6.21. The lowest BCUT2D eigenvalue weighted by Crippen LogP contribution is -2.23. The number of aromatic nitrogens is 4. The van der Waals surface area contributed by atoms with Crippen molar-refractivity contribution in [3.05, 3.63) is 36.9 Å². The molecule has 0 amide bonds. The predicted molar refractivity (Wildman–Crippen MR) is 93.7 cm³/mol. The molecule has 4 rings (SSSR count). The number of hydrogen-bond donors (Lipinski definition) is 1. The highest BCUT2D eigenvalue weighted by Crippen LogP contribution is 2.24. The van der Waals surface area contributed by atoms with Crippen LogP contribution in [0.2, 0.25) is 0 Å². The molecule has 1 N–H and O–H groups in total. The Morgan fingerprint density at radius 3 is 2.88 bits per heavy atom. The first-order valence-electron chi connectivity index (χ1n) is 8.43. The lowest BCUT2D eigenvalue weighted by Gasteiger charge is -2.23. The lowest BCUT2D eigenvalue weighted by atomic mass is 9.96. The summed E-state index contributed by atoms with van der Waals surface area (Å²) in [5.74, 6) is 2.38. The summed E-state index contributed by atoms with van der Waals surface area (Å²) >= 11 is 0. The van der Waals surface area contributed by atoms with E-state index < -0.39 is 0 Å². The van der Waals surface area contributed by atoms with Crippen LogP contribution >= 0.6 is 0 Å². The quantitative estimate of drug-likeness (QED) is 0.795. The molecule has 0 saturated heterocycles. The highest BCUT2D eigenvalue weighted by molar-refractivity contribution is 5.78. The molecular weight excluding hydrogens is 302 g/mol. The van der Waals surface area contributed by atoms with Crippen LogP contribution in [0.25, 0.3) is 16.9 Å². The molecule has 0 radical (unpaired) electrons. The number of fused-ring (bicyclic) bond motifs is 1. The standard InChI is InChI=1S/C18H21N5O/c1-24-14-7-8-15-16(9-14)23(12-20-15)18-11-19-10-17(22-18)21-13-5-3-2-4-6-13/h7-13H,2-6H2,1H3,(H,21,22). The molecule has 24 heavy (non-hydrogen) atoms. The summed E-state index contributed by atoms with van der Waals surface area (Å²) in [5, 5.41) is 3.52. The van der Waals surface area contributed by atoms with Crippen LogP contribution in [0, 0.1) is 0 Å². The average Bonchev–Trinajstić information content (AvgIpc) is 3.06. The van der Waals surface area contributed by atoms with E-state index in [1.807, 2.05) is 22.8 Å². The first kappa shape index (κ1) is 14.9. The van der Waals surface area contributed by atoms with Crippen LogP contribution in [-0.2, 0) is 0 Å². The summed E-state index contributed by atoms with van der Waals surface area (Å²) in [5.41, 5.74) is 1.86. The zero-order valence-corrected chi connectivity index (χ0v) is 13.8. The fraction of sp³-hybridized carbons (Fsp3) is 0.389. The zero-order valence-electron chi connectivity index (χ0n) is 13.8. The van der Waals surface area contributed by atoms with Gasteiger partial charge in [0.15, 0.2) is 5.82 Å². The summed E-state index contributed by atoms with van der Waals surface area (Å²) < 4.78 is 7.26. The van der Waals surface area contributed by atoms with Crippen molar-refractivity contribution in [1.82, 2.24) is 19.5 Å². The molecule has 2 aromatic heterocycles. The van der Waals surface area contributed by atoms with Gasteiger partial charge in [-0.05, 0) is 25.0 Å². The normalized spacial score (nSPS) is 15.5. The van der Waals surface area contributed by atoms with Gasteiger partial charge in [-0.15, -0.1) is 0 Å². The van der Waals surface area contributed by atoms with Gasteiger partial charge in [-0.2, -0.15) is 0 Å². The molecule has 1 aliphatic rings. The molecule has 124 valence electrons. The maximum absolute atomic E-state index is 5.32. The molecule has 1 aromatic carbocycles. The average molecular weight is 323 g/mol. The Kier molecular flexibility index (Phi) is 4.02. The second-order valence-electron chi connectivity index (χ2n) is 6.21. The van der Waals surface area contributed by atoms with Gasteiger partial charge in [-0.3, -0.25) is 9.55 Å². The van der Waals surface area contributed by atoms with E-state index in [-0.39, 0.29) is 0 Å². The van der Waals surface area contributed by atoms with Gasteiger partial charge in [-0.1, -0.05) is 19.3 Å². The summed E-state index contributed by atoms with van der Waals surface area (Å²) in [6.07, 6.45) is 11.7. The molecule has 0 aliphatic heterocycles. The Balaban J connectivity index is 1.65. The van der Waals surface area contributed by atoms with Gasteiger partial charge in [0.2, 0.25) is 0 Å². The third-order valence-corrected chi connectivity index (χ3v) is 4.58. The summed E-state index contributed by atoms with van der Waals surface area (Å²) in [6, 6.07) is 6.32. The van der Waals surface area contributed by atoms with Gasteiger partial charge < -0.3 is 10.1 Å². The minimum atomic E-state index is 0.503. The molecule has 0 bridgehead atoms. The van der Waals surface area contributed by atoms with Gasteiger partial charge in [0, 0.05) is 12.1 Å². The fourth-order valence-electron chi connectivity index (χ4n) is 3.29. The SMILES string of the molecule is COc1ccc2ncn(-c3cncc(NC4CCCCC4)n3)c2c1. The molecule has 6 nitrogen and oxygen atoms in total. The monoisotopic (exact) mass is 323 g/mol. The van der Waals surface area contributed by atoms with Crippen LogP contribution in [0.5, 0.6) is 5.75 Å². The van der Waals surface area contributed by atoms with Crippen molar-refractivity contribution in [1.29, 1.82) is 0 Å². The molecule has 1 saturated carbocycles. The van der Waals surface area contributed by atoms with E-state index in [0.29, 0.717) is 6.04 Å². The van der Waals surface area contributed by atoms with Gasteiger partial charge >= 0.3 is 0 Å². The third kappa shape index (κ3) is 2.91. The number of anilines is 1. The van der Waals surface area contributed by atoms with Crippen LogP contribution in [0.4, 0.5) is 5.82 Å². The van der Waals surface area contributed by atoms with E-state index in [4.69, 9.17) is 9.72 Å². The topological polar surface area (TPSA) is 64.9 Å². The second kappa shape index (κ2) is 6.47. The van der Waals surface area contributed by atoms with Crippen molar-refractivity contribution in [2.75, 3.05) is 12.4 Å². The Labute approximate surface area is 140 Å². The number of rotatable bonds is 4. The molecule has 0 atom stereocenters. The minimum absolute atomic E-state index is 0.503. The van der Waals surface area contributed by atoms with Gasteiger partial charge in [-0.25, -0.2) is 9.97 Å². The molecule has 1 aliphatic carbocycles. The summed E-state index contributed by atoms with van der Waals surface area (Å²) in [4.78, 5) is 13.5. The van der Waals surface area contributed by atoms with Gasteiger partial charge in [0.25, 0.3) is 0 Å². The van der Waals surface area contributed by atoms with Gasteiger partial charge in [0.1, 0.15) is 17.9 Å². The van der Waals surface area contributed by atoms with Crippen LogP contribution in [0.15, 0.2) is 36.9 Å². The highest BCUT2D eigenvalue weighted by Gasteiger charge is 2.14. The van der Waals surface area contributed by atoms with Crippen LogP contribution in [0.1, 0.15) is 32.1 Å². The summed E-state index contributed by atoms with van der Waals surface area (Å²) in [6.45, 7) is 0. The molecule has 3 aromatic rings. The van der Waals surface area contributed by atoms with Crippen molar-refractivity contribution in [3.8, 4) is 11.6 Å². The Bertz CT molecular complexity index is 838. The number of benzene rings is 1. The zero-order chi connectivity index (χ0) is 16.4. The van der Waals surface area contributed by atoms with Crippen LogP contribution in [0.3, 0.4) is 0 Å². The number of nitrogens with zero attached hydrogens (tertiary/aromatic N) is 4.